The second kappa shape index (κ2) is 14.3. The SMILES string of the molecule is CC(C)C[C@H](NC(=O)[C@H](Cc1ccccc1)NC(=O)[C@@H]1CCCN1)C(=O)N[C@@H](Cc1ccccc1)C(=O)O. The largest absolute Gasteiger partial charge is 0.480 e. The Bertz CT molecular complexity index is 1070. The van der Waals surface area contributed by atoms with Crippen LogP contribution in [-0.4, -0.2) is 59.5 Å². The van der Waals surface area contributed by atoms with E-state index in [1.54, 1.807) is 24.3 Å². The van der Waals surface area contributed by atoms with E-state index in [4.69, 9.17) is 0 Å². The van der Waals surface area contributed by atoms with Gasteiger partial charge in [-0.15, -0.1) is 0 Å². The third-order valence-corrected chi connectivity index (χ3v) is 6.53. The molecule has 204 valence electrons. The van der Waals surface area contributed by atoms with E-state index in [9.17, 15) is 24.3 Å². The fourth-order valence-corrected chi connectivity index (χ4v) is 4.54. The van der Waals surface area contributed by atoms with Crippen LogP contribution in [0.3, 0.4) is 0 Å². The van der Waals surface area contributed by atoms with Crippen LogP contribution in [0.15, 0.2) is 60.7 Å². The fourth-order valence-electron chi connectivity index (χ4n) is 4.54. The van der Waals surface area contributed by atoms with Crippen LogP contribution in [0.4, 0.5) is 0 Å². The van der Waals surface area contributed by atoms with Crippen molar-refractivity contribution in [1.82, 2.24) is 21.3 Å². The van der Waals surface area contributed by atoms with E-state index in [2.05, 4.69) is 21.3 Å². The summed E-state index contributed by atoms with van der Waals surface area (Å²) < 4.78 is 0. The molecule has 5 N–H and O–H groups in total. The molecule has 4 atom stereocenters. The van der Waals surface area contributed by atoms with Crippen molar-refractivity contribution >= 4 is 23.7 Å². The molecule has 1 saturated heterocycles. The van der Waals surface area contributed by atoms with Gasteiger partial charge in [0.1, 0.15) is 18.1 Å². The molecule has 2 aromatic carbocycles. The molecule has 1 aliphatic heterocycles. The van der Waals surface area contributed by atoms with Crippen LogP contribution in [0.25, 0.3) is 0 Å². The van der Waals surface area contributed by atoms with Crippen LogP contribution >= 0.6 is 0 Å². The lowest BCUT2D eigenvalue weighted by atomic mass is 10.00. The molecule has 3 amide bonds. The van der Waals surface area contributed by atoms with Crippen molar-refractivity contribution in [3.63, 3.8) is 0 Å². The average molecular weight is 523 g/mol. The van der Waals surface area contributed by atoms with E-state index in [0.29, 0.717) is 12.8 Å². The second-order valence-electron chi connectivity index (χ2n) is 10.2. The summed E-state index contributed by atoms with van der Waals surface area (Å²) in [6, 6.07) is 15.0. The molecule has 9 nitrogen and oxygen atoms in total. The Labute approximate surface area is 223 Å². The highest BCUT2D eigenvalue weighted by Crippen LogP contribution is 2.11. The summed E-state index contributed by atoms with van der Waals surface area (Å²) in [5.74, 6) is -2.42. The number of carboxylic acids is 1. The molecule has 1 aliphatic rings. The lowest BCUT2D eigenvalue weighted by Gasteiger charge is -2.26. The molecular formula is C29H38N4O5. The van der Waals surface area contributed by atoms with Gasteiger partial charge in [-0.2, -0.15) is 0 Å². The van der Waals surface area contributed by atoms with Crippen molar-refractivity contribution < 1.29 is 24.3 Å². The number of carbonyl (C=O) groups excluding carboxylic acids is 3. The number of carboxylic acid groups (broad SMARTS) is 1. The van der Waals surface area contributed by atoms with Crippen LogP contribution in [0.5, 0.6) is 0 Å². The quantitative estimate of drug-likeness (QED) is 0.272. The Kier molecular flexibility index (Phi) is 10.8. The third-order valence-electron chi connectivity index (χ3n) is 6.53. The molecule has 0 unspecified atom stereocenters. The molecule has 2 aromatic rings. The van der Waals surface area contributed by atoms with E-state index in [1.165, 1.54) is 0 Å². The lowest BCUT2D eigenvalue weighted by molar-refractivity contribution is -0.142. The van der Waals surface area contributed by atoms with Crippen LogP contribution in [0.1, 0.15) is 44.2 Å². The van der Waals surface area contributed by atoms with Crippen LogP contribution in [-0.2, 0) is 32.0 Å². The summed E-state index contributed by atoms with van der Waals surface area (Å²) >= 11 is 0. The maximum Gasteiger partial charge on any atom is 0.326 e. The van der Waals surface area contributed by atoms with Gasteiger partial charge < -0.3 is 26.4 Å². The number of rotatable bonds is 13. The zero-order valence-corrected chi connectivity index (χ0v) is 22.0. The molecule has 1 fully saturated rings. The number of nitrogens with one attached hydrogen (secondary N) is 4. The van der Waals surface area contributed by atoms with Crippen molar-refractivity contribution in [3.8, 4) is 0 Å². The Hall–Kier alpha value is -3.72. The number of benzene rings is 2. The highest BCUT2D eigenvalue weighted by atomic mass is 16.4. The first-order chi connectivity index (χ1) is 18.2. The van der Waals surface area contributed by atoms with Gasteiger partial charge in [0.15, 0.2) is 0 Å². The van der Waals surface area contributed by atoms with Crippen molar-refractivity contribution in [2.75, 3.05) is 6.54 Å². The van der Waals surface area contributed by atoms with Gasteiger partial charge in [0.2, 0.25) is 17.7 Å². The van der Waals surface area contributed by atoms with Gasteiger partial charge in [-0.1, -0.05) is 74.5 Å². The van der Waals surface area contributed by atoms with E-state index >= 15 is 0 Å². The summed E-state index contributed by atoms with van der Waals surface area (Å²) in [6.45, 7) is 4.58. The lowest BCUT2D eigenvalue weighted by Crippen LogP contribution is -2.58. The number of amides is 3. The van der Waals surface area contributed by atoms with Crippen molar-refractivity contribution in [2.24, 2.45) is 5.92 Å². The summed E-state index contributed by atoms with van der Waals surface area (Å²) in [5.41, 5.74) is 1.64. The smallest absolute Gasteiger partial charge is 0.326 e. The molecule has 3 rings (SSSR count). The van der Waals surface area contributed by atoms with Crippen LogP contribution in [0.2, 0.25) is 0 Å². The summed E-state index contributed by atoms with van der Waals surface area (Å²) in [5, 5.41) is 21.1. The van der Waals surface area contributed by atoms with Gasteiger partial charge in [0.05, 0.1) is 6.04 Å². The average Bonchev–Trinajstić information content (AvgIpc) is 3.44. The Morgan fingerprint density at radius 3 is 1.84 bits per heavy atom. The molecule has 0 radical (unpaired) electrons. The fraction of sp³-hybridized carbons (Fsp3) is 0.448. The minimum atomic E-state index is -1.16. The topological polar surface area (TPSA) is 137 Å². The van der Waals surface area contributed by atoms with Gasteiger partial charge in [-0.05, 0) is 42.9 Å². The normalized spacial score (nSPS) is 17.3. The zero-order chi connectivity index (χ0) is 27.5. The third kappa shape index (κ3) is 8.99. The predicted molar refractivity (Wildman–Crippen MR) is 144 cm³/mol. The Morgan fingerprint density at radius 1 is 0.816 bits per heavy atom. The van der Waals surface area contributed by atoms with Crippen molar-refractivity contribution in [2.45, 2.75) is 70.1 Å². The minimum absolute atomic E-state index is 0.0494. The Morgan fingerprint density at radius 2 is 1.34 bits per heavy atom. The highest BCUT2D eigenvalue weighted by Gasteiger charge is 2.32. The first kappa shape index (κ1) is 28.8. The predicted octanol–water partition coefficient (Wildman–Crippen LogP) is 1.81. The minimum Gasteiger partial charge on any atom is -0.480 e. The van der Waals surface area contributed by atoms with Gasteiger partial charge in [0.25, 0.3) is 0 Å². The maximum absolute atomic E-state index is 13.5. The van der Waals surface area contributed by atoms with E-state index in [0.717, 1.165) is 24.1 Å². The summed E-state index contributed by atoms with van der Waals surface area (Å²) in [4.78, 5) is 51.5. The number of hydrogen-bond acceptors (Lipinski definition) is 5. The molecule has 0 saturated carbocycles. The van der Waals surface area contributed by atoms with Crippen molar-refractivity contribution in [1.29, 1.82) is 0 Å². The molecule has 1 heterocycles. The van der Waals surface area contributed by atoms with Gasteiger partial charge in [-0.3, -0.25) is 14.4 Å². The van der Waals surface area contributed by atoms with Gasteiger partial charge >= 0.3 is 5.97 Å². The molecule has 0 bridgehead atoms. The standard InChI is InChI=1S/C29H38N4O5/c1-19(2)16-23(27(35)33-25(29(37)38)18-21-12-7-4-8-13-21)31-28(36)24(17-20-10-5-3-6-11-20)32-26(34)22-14-9-15-30-22/h3-8,10-13,19,22-25,30H,9,14-18H2,1-2H3,(H,31,36)(H,32,34)(H,33,35)(H,37,38)/t22-,23-,24-,25-/m0/s1. The number of carbonyl (C=O) groups is 4. The second-order valence-corrected chi connectivity index (χ2v) is 10.2. The molecule has 0 spiro atoms. The first-order valence-electron chi connectivity index (χ1n) is 13.2. The first-order valence-corrected chi connectivity index (χ1v) is 13.2. The van der Waals surface area contributed by atoms with Gasteiger partial charge in [-0.25, -0.2) is 4.79 Å². The monoisotopic (exact) mass is 522 g/mol. The van der Waals surface area contributed by atoms with Crippen LogP contribution in [0, 0.1) is 5.92 Å². The zero-order valence-electron chi connectivity index (χ0n) is 22.0. The van der Waals surface area contributed by atoms with E-state index in [1.807, 2.05) is 50.2 Å². The molecular weight excluding hydrogens is 484 g/mol. The Balaban J connectivity index is 1.74. The molecule has 9 heteroatoms. The molecule has 38 heavy (non-hydrogen) atoms. The maximum atomic E-state index is 13.5. The molecule has 0 aliphatic carbocycles. The number of hydrogen-bond donors (Lipinski definition) is 5. The van der Waals surface area contributed by atoms with Crippen molar-refractivity contribution in [3.05, 3.63) is 71.8 Å². The number of aliphatic carboxylic acids is 1. The van der Waals surface area contributed by atoms with E-state index < -0.39 is 35.9 Å². The summed E-state index contributed by atoms with van der Waals surface area (Å²) in [6.07, 6.45) is 2.27. The highest BCUT2D eigenvalue weighted by molar-refractivity contribution is 5.94. The van der Waals surface area contributed by atoms with Gasteiger partial charge in [0, 0.05) is 12.8 Å². The summed E-state index contributed by atoms with van der Waals surface area (Å²) in [7, 11) is 0. The van der Waals surface area contributed by atoms with E-state index in [-0.39, 0.29) is 30.7 Å². The van der Waals surface area contributed by atoms with Crippen LogP contribution < -0.4 is 21.3 Å². The molecule has 0 aromatic heterocycles.